The first-order valence-electron chi connectivity index (χ1n) is 6.84. The molecule has 114 valence electrons. The summed E-state index contributed by atoms with van der Waals surface area (Å²) in [7, 11) is 0. The molecule has 0 aliphatic carbocycles. The van der Waals surface area contributed by atoms with E-state index in [0.29, 0.717) is 16.9 Å². The van der Waals surface area contributed by atoms with Crippen molar-refractivity contribution in [1.82, 2.24) is 0 Å². The lowest BCUT2D eigenvalue weighted by Crippen LogP contribution is -2.03. The second-order valence-electron chi connectivity index (χ2n) is 4.51. The van der Waals surface area contributed by atoms with Crippen LogP contribution < -0.4 is 0 Å². The minimum Gasteiger partial charge on any atom is -0.462 e. The van der Waals surface area contributed by atoms with Gasteiger partial charge in [0.1, 0.15) is 0 Å². The Hall–Kier alpha value is -2.24. The zero-order valence-electron chi connectivity index (χ0n) is 11.9. The average molecular weight is 316 g/mol. The zero-order chi connectivity index (χ0) is 15.8. The van der Waals surface area contributed by atoms with Gasteiger partial charge >= 0.3 is 5.97 Å². The Balaban J connectivity index is 1.94. The van der Waals surface area contributed by atoms with Crippen LogP contribution in [0.1, 0.15) is 27.2 Å². The van der Waals surface area contributed by atoms with Crippen molar-refractivity contribution in [3.05, 3.63) is 63.9 Å². The molecule has 1 heterocycles. The van der Waals surface area contributed by atoms with Crippen molar-refractivity contribution < 1.29 is 19.4 Å². The maximum absolute atomic E-state index is 12.1. The Morgan fingerprint density at radius 1 is 1.18 bits per heavy atom. The molecule has 1 N–H and O–H groups in total. The molecule has 0 fully saturated rings. The molecule has 0 atom stereocenters. The van der Waals surface area contributed by atoms with E-state index in [0.717, 1.165) is 5.56 Å². The van der Waals surface area contributed by atoms with Gasteiger partial charge in [0.2, 0.25) is 5.78 Å². The molecular weight excluding hydrogens is 300 g/mol. The molecule has 22 heavy (non-hydrogen) atoms. The van der Waals surface area contributed by atoms with Crippen LogP contribution in [-0.4, -0.2) is 30.1 Å². The van der Waals surface area contributed by atoms with Crippen LogP contribution in [0.2, 0.25) is 0 Å². The summed E-state index contributed by atoms with van der Waals surface area (Å²) in [5, 5.41) is 10.5. The van der Waals surface area contributed by atoms with Crippen molar-refractivity contribution in [1.29, 1.82) is 0 Å². The molecule has 1 aromatic heterocycles. The van der Waals surface area contributed by atoms with Gasteiger partial charge in [-0.3, -0.25) is 4.79 Å². The van der Waals surface area contributed by atoms with Crippen LogP contribution in [0.3, 0.4) is 0 Å². The van der Waals surface area contributed by atoms with E-state index >= 15 is 0 Å². The first-order chi connectivity index (χ1) is 10.7. The first-order valence-corrected chi connectivity index (χ1v) is 7.72. The smallest absolute Gasteiger partial charge is 0.330 e. The average Bonchev–Trinajstić information content (AvgIpc) is 3.07. The fourth-order valence-electron chi connectivity index (χ4n) is 1.75. The van der Waals surface area contributed by atoms with Crippen molar-refractivity contribution in [2.75, 3.05) is 13.2 Å². The molecule has 0 radical (unpaired) electrons. The fourth-order valence-corrected chi connectivity index (χ4v) is 2.43. The van der Waals surface area contributed by atoms with Crippen LogP contribution in [0.5, 0.6) is 0 Å². The summed E-state index contributed by atoms with van der Waals surface area (Å²) in [4.78, 5) is 24.2. The van der Waals surface area contributed by atoms with Crippen molar-refractivity contribution in [2.24, 2.45) is 0 Å². The van der Waals surface area contributed by atoms with E-state index in [2.05, 4.69) is 0 Å². The highest BCUT2D eigenvalue weighted by Gasteiger charge is 2.09. The Morgan fingerprint density at radius 2 is 1.95 bits per heavy atom. The molecule has 0 saturated carbocycles. The van der Waals surface area contributed by atoms with Crippen LogP contribution in [0, 0.1) is 0 Å². The van der Waals surface area contributed by atoms with Crippen molar-refractivity contribution in [3.8, 4) is 0 Å². The third kappa shape index (κ3) is 4.65. The molecule has 2 aromatic rings. The summed E-state index contributed by atoms with van der Waals surface area (Å²) in [5.41, 5.74) is 1.42. The zero-order valence-corrected chi connectivity index (χ0v) is 12.7. The lowest BCUT2D eigenvalue weighted by molar-refractivity contribution is -0.137. The van der Waals surface area contributed by atoms with Crippen LogP contribution in [-0.2, 0) is 9.53 Å². The van der Waals surface area contributed by atoms with Gasteiger partial charge in [0, 0.05) is 24.7 Å². The number of aliphatic hydroxyl groups excluding tert-OH is 1. The number of benzene rings is 1. The molecule has 5 heteroatoms. The predicted octanol–water partition coefficient (Wildman–Crippen LogP) is 2.92. The van der Waals surface area contributed by atoms with Crippen LogP contribution in [0.25, 0.3) is 6.08 Å². The standard InChI is InChI=1S/C17H16O4S/c18-10-2-11-21-16(19)9-6-13-4-7-14(8-5-13)17(20)15-3-1-12-22-15/h1,3-9,12,18H,2,10-11H2/b9-6+. The monoisotopic (exact) mass is 316 g/mol. The molecular formula is C17H16O4S. The molecule has 0 aliphatic heterocycles. The topological polar surface area (TPSA) is 63.6 Å². The van der Waals surface area contributed by atoms with E-state index in [1.54, 1.807) is 36.4 Å². The van der Waals surface area contributed by atoms with Gasteiger partial charge in [0.25, 0.3) is 0 Å². The number of hydrogen-bond donors (Lipinski definition) is 1. The highest BCUT2D eigenvalue weighted by atomic mass is 32.1. The number of carbonyl (C=O) groups is 2. The van der Waals surface area contributed by atoms with Gasteiger partial charge in [0.05, 0.1) is 11.5 Å². The number of ketones is 1. The number of esters is 1. The number of rotatable bonds is 7. The van der Waals surface area contributed by atoms with Gasteiger partial charge in [-0.05, 0) is 23.1 Å². The third-order valence-electron chi connectivity index (χ3n) is 2.88. The molecule has 1 aromatic carbocycles. The predicted molar refractivity (Wildman–Crippen MR) is 85.9 cm³/mol. The summed E-state index contributed by atoms with van der Waals surface area (Å²) in [6, 6.07) is 10.7. The van der Waals surface area contributed by atoms with Crippen molar-refractivity contribution in [3.63, 3.8) is 0 Å². The van der Waals surface area contributed by atoms with E-state index in [4.69, 9.17) is 9.84 Å². The lowest BCUT2D eigenvalue weighted by atomic mass is 10.1. The Kier molecular flexibility index (Phi) is 6.06. The second kappa shape index (κ2) is 8.26. The number of aliphatic hydroxyl groups is 1. The minimum atomic E-state index is -0.452. The molecule has 2 rings (SSSR count). The van der Waals surface area contributed by atoms with Crippen LogP contribution in [0.15, 0.2) is 47.9 Å². The first kappa shape index (κ1) is 16.1. The van der Waals surface area contributed by atoms with Gasteiger partial charge in [-0.25, -0.2) is 4.79 Å². The van der Waals surface area contributed by atoms with Crippen molar-refractivity contribution in [2.45, 2.75) is 6.42 Å². The van der Waals surface area contributed by atoms with Gasteiger partial charge in [-0.2, -0.15) is 0 Å². The highest BCUT2D eigenvalue weighted by molar-refractivity contribution is 7.12. The Bertz CT molecular complexity index is 642. The third-order valence-corrected chi connectivity index (χ3v) is 3.75. The number of hydrogen-bond acceptors (Lipinski definition) is 5. The summed E-state index contributed by atoms with van der Waals surface area (Å²) >= 11 is 1.41. The van der Waals surface area contributed by atoms with Gasteiger partial charge in [-0.15, -0.1) is 11.3 Å². The van der Waals surface area contributed by atoms with Gasteiger partial charge in [-0.1, -0.05) is 30.3 Å². The summed E-state index contributed by atoms with van der Waals surface area (Å²) in [6.45, 7) is 0.199. The Labute approximate surface area is 132 Å². The SMILES string of the molecule is O=C(/C=C/c1ccc(C(=O)c2cccs2)cc1)OCCCO. The van der Waals surface area contributed by atoms with E-state index < -0.39 is 5.97 Å². The fraction of sp³-hybridized carbons (Fsp3) is 0.176. The normalized spacial score (nSPS) is 10.8. The van der Waals surface area contributed by atoms with Gasteiger partial charge in [0.15, 0.2) is 0 Å². The lowest BCUT2D eigenvalue weighted by Gasteiger charge is -2.00. The molecule has 0 spiro atoms. The maximum atomic E-state index is 12.1. The minimum absolute atomic E-state index is 0.00325. The van der Waals surface area contributed by atoms with E-state index in [1.807, 2.05) is 11.4 Å². The van der Waals surface area contributed by atoms with Gasteiger partial charge < -0.3 is 9.84 Å². The molecule has 0 unspecified atom stereocenters. The molecule has 0 saturated heterocycles. The molecule has 0 amide bonds. The summed E-state index contributed by atoms with van der Waals surface area (Å²) in [5.74, 6) is -0.457. The van der Waals surface area contributed by atoms with Crippen molar-refractivity contribution >= 4 is 29.2 Å². The maximum Gasteiger partial charge on any atom is 0.330 e. The summed E-state index contributed by atoms with van der Waals surface area (Å²) < 4.78 is 4.88. The number of ether oxygens (including phenoxy) is 1. The largest absolute Gasteiger partial charge is 0.462 e. The molecule has 0 bridgehead atoms. The van der Waals surface area contributed by atoms with E-state index in [9.17, 15) is 9.59 Å². The van der Waals surface area contributed by atoms with E-state index in [-0.39, 0.29) is 19.0 Å². The molecule has 0 aliphatic rings. The number of carbonyl (C=O) groups excluding carboxylic acids is 2. The Morgan fingerprint density at radius 3 is 2.59 bits per heavy atom. The number of thiophene rings is 1. The van der Waals surface area contributed by atoms with Crippen LogP contribution >= 0.6 is 11.3 Å². The second-order valence-corrected chi connectivity index (χ2v) is 5.45. The summed E-state index contributed by atoms with van der Waals surface area (Å²) in [6.07, 6.45) is 3.38. The van der Waals surface area contributed by atoms with Crippen LogP contribution in [0.4, 0.5) is 0 Å². The van der Waals surface area contributed by atoms with E-state index in [1.165, 1.54) is 17.4 Å². The quantitative estimate of drug-likeness (QED) is 0.369. The molecule has 4 nitrogen and oxygen atoms in total. The highest BCUT2D eigenvalue weighted by Crippen LogP contribution is 2.16.